The number of rotatable bonds is 6. The molecule has 0 saturated heterocycles. The second-order valence-electron chi connectivity index (χ2n) is 4.93. The lowest BCUT2D eigenvalue weighted by atomic mass is 10.1. The number of benzene rings is 1. The molecule has 0 heterocycles. The topological polar surface area (TPSA) is 49.4 Å². The van der Waals surface area contributed by atoms with Gasteiger partial charge in [-0.05, 0) is 24.6 Å². The summed E-state index contributed by atoms with van der Waals surface area (Å²) < 4.78 is 38.7. The van der Waals surface area contributed by atoms with Gasteiger partial charge in [0, 0.05) is 32.1 Å². The summed E-state index contributed by atoms with van der Waals surface area (Å²) in [6.07, 6.45) is -3.56. The summed E-state index contributed by atoms with van der Waals surface area (Å²) in [6, 6.07) is 3.27. The standard InChI is InChI=1S/C15H18ClF3N2O2/c1-3-4-14(23)20-7-8-21(10(2)22)11-5-6-13(16)12(9-11)15(17,18)19/h5-6,9H,3-4,7-8H2,1-2H3,(H,20,23). The van der Waals surface area contributed by atoms with Crippen LogP contribution < -0.4 is 10.2 Å². The molecule has 1 aromatic carbocycles. The van der Waals surface area contributed by atoms with E-state index in [0.29, 0.717) is 12.8 Å². The zero-order valence-corrected chi connectivity index (χ0v) is 13.6. The Morgan fingerprint density at radius 1 is 1.30 bits per heavy atom. The predicted octanol–water partition coefficient (Wildman–Crippen LogP) is 3.63. The molecule has 8 heteroatoms. The van der Waals surface area contributed by atoms with Crippen molar-refractivity contribution in [3.63, 3.8) is 0 Å². The molecule has 2 amide bonds. The van der Waals surface area contributed by atoms with E-state index >= 15 is 0 Å². The summed E-state index contributed by atoms with van der Waals surface area (Å²) in [4.78, 5) is 24.2. The number of anilines is 1. The van der Waals surface area contributed by atoms with Gasteiger partial charge in [0.25, 0.3) is 0 Å². The molecule has 128 valence electrons. The fourth-order valence-corrected chi connectivity index (χ4v) is 2.21. The van der Waals surface area contributed by atoms with Gasteiger partial charge in [0.15, 0.2) is 0 Å². The first-order valence-corrected chi connectivity index (χ1v) is 7.46. The molecule has 1 N–H and O–H groups in total. The Kier molecular flexibility index (Phi) is 6.87. The Morgan fingerprint density at radius 3 is 2.48 bits per heavy atom. The van der Waals surface area contributed by atoms with Crippen LogP contribution in [0.3, 0.4) is 0 Å². The van der Waals surface area contributed by atoms with Crippen LogP contribution in [0.5, 0.6) is 0 Å². The van der Waals surface area contributed by atoms with Gasteiger partial charge in [-0.2, -0.15) is 13.2 Å². The van der Waals surface area contributed by atoms with Crippen LogP contribution in [0.25, 0.3) is 0 Å². The van der Waals surface area contributed by atoms with Crippen molar-refractivity contribution in [1.29, 1.82) is 0 Å². The molecule has 1 aromatic rings. The normalized spacial score (nSPS) is 11.2. The minimum atomic E-state index is -4.61. The largest absolute Gasteiger partial charge is 0.417 e. The van der Waals surface area contributed by atoms with Crippen LogP contribution >= 0.6 is 11.6 Å². The quantitative estimate of drug-likeness (QED) is 0.851. The van der Waals surface area contributed by atoms with Crippen molar-refractivity contribution in [2.45, 2.75) is 32.9 Å². The van der Waals surface area contributed by atoms with Crippen LogP contribution in [-0.2, 0) is 15.8 Å². The van der Waals surface area contributed by atoms with Crippen LogP contribution in [0, 0.1) is 0 Å². The highest BCUT2D eigenvalue weighted by molar-refractivity contribution is 6.31. The van der Waals surface area contributed by atoms with Gasteiger partial charge < -0.3 is 10.2 Å². The summed E-state index contributed by atoms with van der Waals surface area (Å²) in [5.41, 5.74) is -0.920. The van der Waals surface area contributed by atoms with Crippen molar-refractivity contribution in [1.82, 2.24) is 5.32 Å². The van der Waals surface area contributed by atoms with Crippen molar-refractivity contribution in [3.8, 4) is 0 Å². The van der Waals surface area contributed by atoms with Crippen molar-refractivity contribution in [3.05, 3.63) is 28.8 Å². The SMILES string of the molecule is CCCC(=O)NCCN(C(C)=O)c1ccc(Cl)c(C(F)(F)F)c1. The lowest BCUT2D eigenvalue weighted by Crippen LogP contribution is -2.37. The van der Waals surface area contributed by atoms with Crippen LogP contribution in [0.1, 0.15) is 32.3 Å². The third-order valence-corrected chi connectivity index (χ3v) is 3.41. The van der Waals surface area contributed by atoms with Gasteiger partial charge in [0.05, 0.1) is 10.6 Å². The molecule has 0 bridgehead atoms. The fourth-order valence-electron chi connectivity index (χ4n) is 1.99. The molecule has 0 unspecified atom stereocenters. The van der Waals surface area contributed by atoms with Gasteiger partial charge in [0.2, 0.25) is 11.8 Å². The first kappa shape index (κ1) is 19.3. The lowest BCUT2D eigenvalue weighted by molar-refractivity contribution is -0.137. The Hall–Kier alpha value is -1.76. The smallest absolute Gasteiger partial charge is 0.354 e. The van der Waals surface area contributed by atoms with Crippen molar-refractivity contribution in [2.75, 3.05) is 18.0 Å². The van der Waals surface area contributed by atoms with Crippen molar-refractivity contribution < 1.29 is 22.8 Å². The molecule has 0 fully saturated rings. The van der Waals surface area contributed by atoms with E-state index in [4.69, 9.17) is 11.6 Å². The van der Waals surface area contributed by atoms with Gasteiger partial charge >= 0.3 is 6.18 Å². The Bertz CT molecular complexity index is 576. The van der Waals surface area contributed by atoms with E-state index in [-0.39, 0.29) is 24.7 Å². The van der Waals surface area contributed by atoms with E-state index in [1.807, 2.05) is 6.92 Å². The maximum atomic E-state index is 12.9. The zero-order chi connectivity index (χ0) is 17.6. The predicted molar refractivity (Wildman–Crippen MR) is 82.4 cm³/mol. The van der Waals surface area contributed by atoms with Gasteiger partial charge in [-0.25, -0.2) is 0 Å². The molecule has 0 spiro atoms. The van der Waals surface area contributed by atoms with E-state index in [1.165, 1.54) is 13.0 Å². The van der Waals surface area contributed by atoms with E-state index in [9.17, 15) is 22.8 Å². The molecule has 4 nitrogen and oxygen atoms in total. The van der Waals surface area contributed by atoms with E-state index in [1.54, 1.807) is 0 Å². The number of nitrogens with one attached hydrogen (secondary N) is 1. The van der Waals surface area contributed by atoms with Crippen LogP contribution in [0.15, 0.2) is 18.2 Å². The number of nitrogens with zero attached hydrogens (tertiary/aromatic N) is 1. The third kappa shape index (κ3) is 5.74. The van der Waals surface area contributed by atoms with Crippen molar-refractivity contribution in [2.24, 2.45) is 0 Å². The minimum absolute atomic E-state index is 0.0731. The molecular weight excluding hydrogens is 333 g/mol. The van der Waals surface area contributed by atoms with Gasteiger partial charge in [-0.1, -0.05) is 18.5 Å². The highest BCUT2D eigenvalue weighted by atomic mass is 35.5. The van der Waals surface area contributed by atoms with E-state index < -0.39 is 22.7 Å². The number of alkyl halides is 3. The highest BCUT2D eigenvalue weighted by Crippen LogP contribution is 2.36. The number of carbonyl (C=O) groups is 2. The number of amides is 2. The number of hydrogen-bond donors (Lipinski definition) is 1. The van der Waals surface area contributed by atoms with Crippen LogP contribution in [0.4, 0.5) is 18.9 Å². The van der Waals surface area contributed by atoms with Crippen LogP contribution in [-0.4, -0.2) is 24.9 Å². The molecule has 0 aromatic heterocycles. The molecule has 0 saturated carbocycles. The molecular formula is C15H18ClF3N2O2. The maximum absolute atomic E-state index is 12.9. The summed E-state index contributed by atoms with van der Waals surface area (Å²) in [5.74, 6) is -0.590. The Balaban J connectivity index is 2.90. The lowest BCUT2D eigenvalue weighted by Gasteiger charge is -2.23. The minimum Gasteiger partial charge on any atom is -0.354 e. The second kappa shape index (κ2) is 8.19. The molecule has 0 atom stereocenters. The summed E-state index contributed by atoms with van der Waals surface area (Å²) in [6.45, 7) is 3.33. The molecule has 0 aliphatic carbocycles. The van der Waals surface area contributed by atoms with E-state index in [0.717, 1.165) is 17.0 Å². The molecule has 0 aliphatic heterocycles. The average molecular weight is 351 g/mol. The number of hydrogen-bond acceptors (Lipinski definition) is 2. The molecule has 1 rings (SSSR count). The average Bonchev–Trinajstić information content (AvgIpc) is 2.43. The highest BCUT2D eigenvalue weighted by Gasteiger charge is 2.34. The van der Waals surface area contributed by atoms with Crippen molar-refractivity contribution >= 4 is 29.1 Å². The molecule has 0 radical (unpaired) electrons. The van der Waals surface area contributed by atoms with Gasteiger partial charge in [-0.3, -0.25) is 9.59 Å². The number of halogens is 4. The maximum Gasteiger partial charge on any atom is 0.417 e. The summed E-state index contributed by atoms with van der Waals surface area (Å²) >= 11 is 5.57. The molecule has 23 heavy (non-hydrogen) atoms. The second-order valence-corrected chi connectivity index (χ2v) is 5.34. The Labute approximate surface area is 137 Å². The summed E-state index contributed by atoms with van der Waals surface area (Å²) in [5, 5.41) is 2.18. The summed E-state index contributed by atoms with van der Waals surface area (Å²) in [7, 11) is 0. The van der Waals surface area contributed by atoms with Gasteiger partial charge in [-0.15, -0.1) is 0 Å². The monoisotopic (exact) mass is 350 g/mol. The third-order valence-electron chi connectivity index (χ3n) is 3.08. The van der Waals surface area contributed by atoms with Crippen LogP contribution in [0.2, 0.25) is 5.02 Å². The first-order chi connectivity index (χ1) is 10.7. The Morgan fingerprint density at radius 2 is 1.96 bits per heavy atom. The van der Waals surface area contributed by atoms with E-state index in [2.05, 4.69) is 5.32 Å². The fraction of sp³-hybridized carbons (Fsp3) is 0.467. The number of carbonyl (C=O) groups excluding carboxylic acids is 2. The molecule has 0 aliphatic rings. The first-order valence-electron chi connectivity index (χ1n) is 7.08. The van der Waals surface area contributed by atoms with Gasteiger partial charge in [0.1, 0.15) is 0 Å². The zero-order valence-electron chi connectivity index (χ0n) is 12.8.